The van der Waals surface area contributed by atoms with E-state index >= 15 is 0 Å². The molecular weight excluding hydrogens is 360 g/mol. The summed E-state index contributed by atoms with van der Waals surface area (Å²) in [5.41, 5.74) is 0.481. The molecule has 2 saturated heterocycles. The zero-order chi connectivity index (χ0) is 19.4. The number of hydrogen-bond donors (Lipinski definition) is 0. The molecule has 1 aromatic rings. The smallest absolute Gasteiger partial charge is 0.253 e. The minimum atomic E-state index is -3.57. The molecule has 0 N–H and O–H groups in total. The van der Waals surface area contributed by atoms with Crippen LogP contribution in [-0.2, 0) is 10.0 Å². The first-order valence-electron chi connectivity index (χ1n) is 10.3. The zero-order valence-electron chi connectivity index (χ0n) is 16.6. The summed E-state index contributed by atoms with van der Waals surface area (Å²) in [4.78, 5) is 15.1. The summed E-state index contributed by atoms with van der Waals surface area (Å²) in [5.74, 6) is 0.665. The monoisotopic (exact) mass is 392 g/mol. The summed E-state index contributed by atoms with van der Waals surface area (Å²) < 4.78 is 27.9. The van der Waals surface area contributed by atoms with Gasteiger partial charge < -0.3 is 4.90 Å². The molecule has 3 rings (SSSR count). The number of rotatable bonds is 3. The van der Waals surface area contributed by atoms with Gasteiger partial charge in [0.1, 0.15) is 0 Å². The van der Waals surface area contributed by atoms with Crippen molar-refractivity contribution in [2.24, 2.45) is 11.8 Å². The zero-order valence-corrected chi connectivity index (χ0v) is 17.4. The van der Waals surface area contributed by atoms with Crippen LogP contribution in [0.5, 0.6) is 0 Å². The molecule has 1 aromatic carbocycles. The lowest BCUT2D eigenvalue weighted by Gasteiger charge is -2.34. The van der Waals surface area contributed by atoms with E-state index in [0.717, 1.165) is 45.2 Å². The van der Waals surface area contributed by atoms with E-state index in [1.54, 1.807) is 28.6 Å². The molecule has 150 valence electrons. The van der Waals surface area contributed by atoms with Crippen molar-refractivity contribution in [2.45, 2.75) is 57.3 Å². The largest absolute Gasteiger partial charge is 0.339 e. The highest BCUT2D eigenvalue weighted by Gasteiger charge is 2.32. The standard InChI is InChI=1S/C21H32N2O3S/c1-17-13-18(2)16-23(15-17)27(25,26)20-10-8-9-19(14-20)21(24)22-11-6-4-3-5-7-12-22/h8-10,14,17-18H,3-7,11-13,15-16H2,1-2H3. The van der Waals surface area contributed by atoms with Crippen LogP contribution in [-0.4, -0.2) is 49.7 Å². The molecule has 1 amide bonds. The van der Waals surface area contributed by atoms with E-state index < -0.39 is 10.0 Å². The number of carbonyl (C=O) groups excluding carboxylic acids is 1. The first kappa shape index (κ1) is 20.3. The molecule has 2 aliphatic heterocycles. The van der Waals surface area contributed by atoms with Crippen LogP contribution in [0.2, 0.25) is 0 Å². The molecule has 2 atom stereocenters. The fourth-order valence-corrected chi connectivity index (χ4v) is 6.10. The fourth-order valence-electron chi connectivity index (χ4n) is 4.37. The Kier molecular flexibility index (Phi) is 6.58. The lowest BCUT2D eigenvalue weighted by molar-refractivity contribution is 0.0742. The summed E-state index contributed by atoms with van der Waals surface area (Å²) in [5, 5.41) is 0. The van der Waals surface area contributed by atoms with Gasteiger partial charge in [0.15, 0.2) is 0 Å². The molecule has 0 radical (unpaired) electrons. The molecule has 5 nitrogen and oxygen atoms in total. The highest BCUT2D eigenvalue weighted by molar-refractivity contribution is 7.89. The topological polar surface area (TPSA) is 57.7 Å². The maximum atomic E-state index is 13.1. The van der Waals surface area contributed by atoms with Crippen molar-refractivity contribution in [1.82, 2.24) is 9.21 Å². The van der Waals surface area contributed by atoms with Gasteiger partial charge in [0.2, 0.25) is 10.0 Å². The third-order valence-corrected chi connectivity index (χ3v) is 7.53. The van der Waals surface area contributed by atoms with Gasteiger partial charge in [-0.1, -0.05) is 39.2 Å². The Hall–Kier alpha value is -1.40. The van der Waals surface area contributed by atoms with Crippen molar-refractivity contribution in [1.29, 1.82) is 0 Å². The average molecular weight is 393 g/mol. The van der Waals surface area contributed by atoms with Crippen molar-refractivity contribution in [3.63, 3.8) is 0 Å². The Labute approximate surface area is 163 Å². The first-order valence-corrected chi connectivity index (χ1v) is 11.7. The van der Waals surface area contributed by atoms with Gasteiger partial charge in [-0.3, -0.25) is 4.79 Å². The third kappa shape index (κ3) is 4.91. The Morgan fingerprint density at radius 3 is 2.19 bits per heavy atom. The molecule has 2 aliphatic rings. The van der Waals surface area contributed by atoms with E-state index in [1.807, 2.05) is 4.90 Å². The predicted molar refractivity (Wildman–Crippen MR) is 107 cm³/mol. The van der Waals surface area contributed by atoms with Gasteiger partial charge in [-0.2, -0.15) is 4.31 Å². The highest BCUT2D eigenvalue weighted by Crippen LogP contribution is 2.27. The summed E-state index contributed by atoms with van der Waals surface area (Å²) >= 11 is 0. The number of hydrogen-bond acceptors (Lipinski definition) is 3. The first-order chi connectivity index (χ1) is 12.9. The number of benzene rings is 1. The number of nitrogens with zero attached hydrogens (tertiary/aromatic N) is 2. The van der Waals surface area contributed by atoms with Gasteiger partial charge >= 0.3 is 0 Å². The number of likely N-dealkylation sites (tertiary alicyclic amines) is 1. The molecule has 0 spiro atoms. The van der Waals surface area contributed by atoms with Crippen LogP contribution in [0.4, 0.5) is 0 Å². The quantitative estimate of drug-likeness (QED) is 0.787. The summed E-state index contributed by atoms with van der Waals surface area (Å²) in [6, 6.07) is 6.62. The van der Waals surface area contributed by atoms with Crippen LogP contribution < -0.4 is 0 Å². The molecule has 2 heterocycles. The van der Waals surface area contributed by atoms with Crippen LogP contribution in [0.1, 0.15) is 62.7 Å². The van der Waals surface area contributed by atoms with Crippen LogP contribution in [0.3, 0.4) is 0 Å². The second kappa shape index (κ2) is 8.74. The molecule has 2 fully saturated rings. The molecule has 0 bridgehead atoms. The van der Waals surface area contributed by atoms with E-state index in [1.165, 1.54) is 6.42 Å². The molecule has 0 aromatic heterocycles. The van der Waals surface area contributed by atoms with Gasteiger partial charge in [0.25, 0.3) is 5.91 Å². The van der Waals surface area contributed by atoms with Gasteiger partial charge in [-0.15, -0.1) is 0 Å². The van der Waals surface area contributed by atoms with Crippen molar-refractivity contribution in [3.8, 4) is 0 Å². The van der Waals surface area contributed by atoms with Gasteiger partial charge in [0, 0.05) is 31.7 Å². The number of piperidine rings is 1. The van der Waals surface area contributed by atoms with Crippen molar-refractivity contribution in [2.75, 3.05) is 26.2 Å². The van der Waals surface area contributed by atoms with E-state index in [0.29, 0.717) is 30.5 Å². The number of sulfonamides is 1. The highest BCUT2D eigenvalue weighted by atomic mass is 32.2. The molecule has 6 heteroatoms. The maximum Gasteiger partial charge on any atom is 0.253 e. The predicted octanol–water partition coefficient (Wildman–Crippen LogP) is 3.76. The Morgan fingerprint density at radius 2 is 1.56 bits per heavy atom. The summed E-state index contributed by atoms with van der Waals surface area (Å²) in [6.45, 7) is 6.82. The maximum absolute atomic E-state index is 13.1. The van der Waals surface area contributed by atoms with Crippen LogP contribution in [0.25, 0.3) is 0 Å². The van der Waals surface area contributed by atoms with Crippen molar-refractivity contribution >= 4 is 15.9 Å². The second-order valence-electron chi connectivity index (χ2n) is 8.36. The molecule has 27 heavy (non-hydrogen) atoms. The Bertz CT molecular complexity index is 744. The minimum absolute atomic E-state index is 0.0469. The van der Waals surface area contributed by atoms with Crippen molar-refractivity contribution < 1.29 is 13.2 Å². The Balaban J connectivity index is 1.80. The lowest BCUT2D eigenvalue weighted by atomic mass is 9.94. The number of amides is 1. The fraction of sp³-hybridized carbons (Fsp3) is 0.667. The van der Waals surface area contributed by atoms with Gasteiger partial charge in [-0.25, -0.2) is 8.42 Å². The molecule has 0 saturated carbocycles. The average Bonchev–Trinajstić information content (AvgIpc) is 2.60. The van der Waals surface area contributed by atoms with E-state index in [4.69, 9.17) is 0 Å². The molecule has 0 aliphatic carbocycles. The van der Waals surface area contributed by atoms with Gasteiger partial charge in [-0.05, 0) is 49.3 Å². The normalized spacial score (nSPS) is 25.6. The van der Waals surface area contributed by atoms with Crippen molar-refractivity contribution in [3.05, 3.63) is 29.8 Å². The van der Waals surface area contributed by atoms with E-state index in [9.17, 15) is 13.2 Å². The van der Waals surface area contributed by atoms with Crippen LogP contribution >= 0.6 is 0 Å². The van der Waals surface area contributed by atoms with Crippen LogP contribution in [0, 0.1) is 11.8 Å². The third-order valence-electron chi connectivity index (χ3n) is 5.70. The van der Waals surface area contributed by atoms with E-state index in [-0.39, 0.29) is 10.8 Å². The second-order valence-corrected chi connectivity index (χ2v) is 10.3. The minimum Gasteiger partial charge on any atom is -0.339 e. The summed E-state index contributed by atoms with van der Waals surface area (Å²) in [7, 11) is -3.57. The lowest BCUT2D eigenvalue weighted by Crippen LogP contribution is -2.42. The molecule has 2 unspecified atom stereocenters. The summed E-state index contributed by atoms with van der Waals surface area (Å²) in [6.07, 6.45) is 6.65. The SMILES string of the molecule is CC1CC(C)CN(S(=O)(=O)c2cccc(C(=O)N3CCCCCCC3)c2)C1. The van der Waals surface area contributed by atoms with E-state index in [2.05, 4.69) is 13.8 Å². The number of carbonyl (C=O) groups is 1. The molecular formula is C21H32N2O3S. The Morgan fingerprint density at radius 1 is 0.963 bits per heavy atom. The van der Waals surface area contributed by atoms with Gasteiger partial charge in [0.05, 0.1) is 4.90 Å². The van der Waals surface area contributed by atoms with Crippen LogP contribution in [0.15, 0.2) is 29.2 Å².